The molecule has 0 aliphatic heterocycles. The molecule has 0 unspecified atom stereocenters. The minimum Gasteiger partial charge on any atom is -0.497 e. The number of hydrogen-bond acceptors (Lipinski definition) is 3. The first-order chi connectivity index (χ1) is 14.9. The van der Waals surface area contributed by atoms with Crippen LogP contribution in [-0.4, -0.2) is 35.9 Å². The summed E-state index contributed by atoms with van der Waals surface area (Å²) in [6.45, 7) is 8.41. The van der Waals surface area contributed by atoms with Gasteiger partial charge in [0.15, 0.2) is 0 Å². The summed E-state index contributed by atoms with van der Waals surface area (Å²) in [4.78, 5) is 28.0. The molecule has 0 radical (unpaired) electrons. The number of amides is 2. The van der Waals surface area contributed by atoms with Crippen molar-refractivity contribution in [3.8, 4) is 5.75 Å². The number of benzene rings is 2. The van der Waals surface area contributed by atoms with E-state index in [1.54, 1.807) is 12.0 Å². The molecule has 1 N–H and O–H groups in total. The SMILES string of the molecule is CC[C@@H](C)NC(=O)[C@@H](CC)N(Cc1ccc(OC)cc1)C(=O)CCc1ccc(C)cc1. The average Bonchev–Trinajstić information content (AvgIpc) is 2.78. The van der Waals surface area contributed by atoms with E-state index in [4.69, 9.17) is 4.74 Å². The molecule has 168 valence electrons. The molecule has 31 heavy (non-hydrogen) atoms. The van der Waals surface area contributed by atoms with Crippen molar-refractivity contribution in [3.63, 3.8) is 0 Å². The van der Waals surface area contributed by atoms with Crippen molar-refractivity contribution < 1.29 is 14.3 Å². The number of carbonyl (C=O) groups excluding carboxylic acids is 2. The highest BCUT2D eigenvalue weighted by molar-refractivity contribution is 5.87. The molecule has 5 heteroatoms. The maximum Gasteiger partial charge on any atom is 0.243 e. The quantitative estimate of drug-likeness (QED) is 0.571. The van der Waals surface area contributed by atoms with Gasteiger partial charge < -0.3 is 15.0 Å². The van der Waals surface area contributed by atoms with E-state index in [0.717, 1.165) is 23.3 Å². The molecule has 0 aromatic heterocycles. The van der Waals surface area contributed by atoms with Crippen LogP contribution in [0.1, 0.15) is 56.7 Å². The highest BCUT2D eigenvalue weighted by Gasteiger charge is 2.29. The second-order valence-corrected chi connectivity index (χ2v) is 8.10. The molecule has 0 fully saturated rings. The summed E-state index contributed by atoms with van der Waals surface area (Å²) in [6.07, 6.45) is 2.44. The summed E-state index contributed by atoms with van der Waals surface area (Å²) >= 11 is 0. The summed E-state index contributed by atoms with van der Waals surface area (Å²) < 4.78 is 5.24. The van der Waals surface area contributed by atoms with E-state index in [1.807, 2.05) is 52.0 Å². The van der Waals surface area contributed by atoms with Gasteiger partial charge in [-0.15, -0.1) is 0 Å². The van der Waals surface area contributed by atoms with Gasteiger partial charge in [0, 0.05) is 19.0 Å². The van der Waals surface area contributed by atoms with Crippen molar-refractivity contribution in [2.75, 3.05) is 7.11 Å². The zero-order valence-corrected chi connectivity index (χ0v) is 19.5. The van der Waals surface area contributed by atoms with Gasteiger partial charge in [-0.2, -0.15) is 0 Å². The first-order valence-electron chi connectivity index (χ1n) is 11.2. The van der Waals surface area contributed by atoms with Crippen LogP contribution in [0.15, 0.2) is 48.5 Å². The predicted molar refractivity (Wildman–Crippen MR) is 125 cm³/mol. The van der Waals surface area contributed by atoms with Gasteiger partial charge in [0.1, 0.15) is 11.8 Å². The highest BCUT2D eigenvalue weighted by atomic mass is 16.5. The van der Waals surface area contributed by atoms with Crippen LogP contribution in [0.2, 0.25) is 0 Å². The largest absolute Gasteiger partial charge is 0.497 e. The Kier molecular flexibility index (Phi) is 9.57. The molecule has 0 bridgehead atoms. The summed E-state index contributed by atoms with van der Waals surface area (Å²) in [5.74, 6) is 0.666. The van der Waals surface area contributed by atoms with Crippen molar-refractivity contribution in [2.45, 2.75) is 72.0 Å². The van der Waals surface area contributed by atoms with Gasteiger partial charge in [0.2, 0.25) is 11.8 Å². The van der Waals surface area contributed by atoms with E-state index < -0.39 is 6.04 Å². The molecule has 5 nitrogen and oxygen atoms in total. The smallest absolute Gasteiger partial charge is 0.243 e. The summed E-state index contributed by atoms with van der Waals surface area (Å²) in [5.41, 5.74) is 3.30. The maximum absolute atomic E-state index is 13.3. The van der Waals surface area contributed by atoms with Gasteiger partial charge in [-0.05, 0) is 56.4 Å². The Labute approximate surface area is 186 Å². The summed E-state index contributed by atoms with van der Waals surface area (Å²) in [7, 11) is 1.63. The van der Waals surface area contributed by atoms with Crippen LogP contribution in [0.25, 0.3) is 0 Å². The van der Waals surface area contributed by atoms with Gasteiger partial charge in [0.05, 0.1) is 7.11 Å². The molecule has 2 amide bonds. The summed E-state index contributed by atoms with van der Waals surface area (Å²) in [5, 5.41) is 3.05. The molecule has 2 rings (SSSR count). The highest BCUT2D eigenvalue weighted by Crippen LogP contribution is 2.18. The first kappa shape index (κ1) is 24.4. The van der Waals surface area contributed by atoms with Crippen LogP contribution in [0.4, 0.5) is 0 Å². The average molecular weight is 425 g/mol. The molecule has 0 heterocycles. The molecule has 2 aromatic carbocycles. The molecule has 0 saturated heterocycles. The molecule has 0 aliphatic carbocycles. The van der Waals surface area contributed by atoms with E-state index in [1.165, 1.54) is 5.56 Å². The van der Waals surface area contributed by atoms with Crippen LogP contribution in [0.5, 0.6) is 5.75 Å². The second kappa shape index (κ2) is 12.1. The van der Waals surface area contributed by atoms with Crippen molar-refractivity contribution in [2.24, 2.45) is 0 Å². The number of hydrogen-bond donors (Lipinski definition) is 1. The van der Waals surface area contributed by atoms with Gasteiger partial charge in [-0.25, -0.2) is 0 Å². The summed E-state index contributed by atoms with van der Waals surface area (Å²) in [6, 6.07) is 15.5. The fourth-order valence-electron chi connectivity index (χ4n) is 3.44. The van der Waals surface area contributed by atoms with Crippen molar-refractivity contribution in [1.82, 2.24) is 10.2 Å². The third-order valence-corrected chi connectivity index (χ3v) is 5.65. The second-order valence-electron chi connectivity index (χ2n) is 8.10. The van der Waals surface area contributed by atoms with Crippen LogP contribution in [0, 0.1) is 6.92 Å². The first-order valence-corrected chi connectivity index (χ1v) is 11.2. The molecular formula is C26H36N2O3. The molecular weight excluding hydrogens is 388 g/mol. The van der Waals surface area contributed by atoms with Crippen molar-refractivity contribution in [3.05, 3.63) is 65.2 Å². The zero-order chi connectivity index (χ0) is 22.8. The Hall–Kier alpha value is -2.82. The number of aryl methyl sites for hydroxylation is 2. The van der Waals surface area contributed by atoms with Crippen LogP contribution in [-0.2, 0) is 22.6 Å². The lowest BCUT2D eigenvalue weighted by atomic mass is 10.0. The Morgan fingerprint density at radius 3 is 2.13 bits per heavy atom. The Morgan fingerprint density at radius 2 is 1.58 bits per heavy atom. The molecule has 0 spiro atoms. The number of ether oxygens (including phenoxy) is 1. The van der Waals surface area contributed by atoms with Gasteiger partial charge >= 0.3 is 0 Å². The number of methoxy groups -OCH3 is 1. The monoisotopic (exact) mass is 424 g/mol. The van der Waals surface area contributed by atoms with E-state index in [0.29, 0.717) is 25.8 Å². The van der Waals surface area contributed by atoms with E-state index in [-0.39, 0.29) is 17.9 Å². The molecule has 2 atom stereocenters. The van der Waals surface area contributed by atoms with E-state index in [9.17, 15) is 9.59 Å². The minimum atomic E-state index is -0.499. The molecule has 0 saturated carbocycles. The van der Waals surface area contributed by atoms with Crippen LogP contribution < -0.4 is 10.1 Å². The Balaban J connectivity index is 2.20. The lowest BCUT2D eigenvalue weighted by molar-refractivity contribution is -0.141. The topological polar surface area (TPSA) is 58.6 Å². The van der Waals surface area contributed by atoms with E-state index >= 15 is 0 Å². The number of nitrogens with zero attached hydrogens (tertiary/aromatic N) is 1. The number of nitrogens with one attached hydrogen (secondary N) is 1. The van der Waals surface area contributed by atoms with Crippen LogP contribution in [0.3, 0.4) is 0 Å². The fourth-order valence-corrected chi connectivity index (χ4v) is 3.44. The molecule has 2 aromatic rings. The predicted octanol–water partition coefficient (Wildman–Crippen LogP) is 4.66. The van der Waals surface area contributed by atoms with Crippen LogP contribution >= 0.6 is 0 Å². The van der Waals surface area contributed by atoms with Gasteiger partial charge in [0.25, 0.3) is 0 Å². The Bertz CT molecular complexity index is 831. The lowest BCUT2D eigenvalue weighted by Crippen LogP contribution is -2.50. The third-order valence-electron chi connectivity index (χ3n) is 5.65. The lowest BCUT2D eigenvalue weighted by Gasteiger charge is -2.31. The standard InChI is InChI=1S/C26H36N2O3/c1-6-20(4)27-26(30)24(7-2)28(18-22-12-15-23(31-5)16-13-22)25(29)17-14-21-10-8-19(3)9-11-21/h8-13,15-16,20,24H,6-7,14,17-18H2,1-5H3,(H,27,30)/t20-,24-/m1/s1. The third kappa shape index (κ3) is 7.42. The normalized spacial score (nSPS) is 12.7. The number of rotatable bonds is 11. The zero-order valence-electron chi connectivity index (χ0n) is 19.5. The van der Waals surface area contributed by atoms with Gasteiger partial charge in [-0.3, -0.25) is 9.59 Å². The van der Waals surface area contributed by atoms with Crippen molar-refractivity contribution in [1.29, 1.82) is 0 Å². The Morgan fingerprint density at radius 1 is 0.968 bits per heavy atom. The minimum absolute atomic E-state index is 0.0115. The van der Waals surface area contributed by atoms with Crippen molar-refractivity contribution >= 4 is 11.8 Å². The van der Waals surface area contributed by atoms with E-state index in [2.05, 4.69) is 29.6 Å². The fraction of sp³-hybridized carbons (Fsp3) is 0.462. The maximum atomic E-state index is 13.3. The molecule has 0 aliphatic rings. The number of carbonyl (C=O) groups is 2. The van der Waals surface area contributed by atoms with Gasteiger partial charge in [-0.1, -0.05) is 55.8 Å².